The maximum atomic E-state index is 12.8. The number of hydrogen-bond acceptors (Lipinski definition) is 7. The topological polar surface area (TPSA) is 91.8 Å². The summed E-state index contributed by atoms with van der Waals surface area (Å²) < 4.78 is 21.4. The van der Waals surface area contributed by atoms with Gasteiger partial charge in [-0.15, -0.1) is 0 Å². The van der Waals surface area contributed by atoms with E-state index in [1.54, 1.807) is 82.3 Å². The molecule has 0 atom stereocenters. The van der Waals surface area contributed by atoms with E-state index in [1.165, 1.54) is 0 Å². The lowest BCUT2D eigenvalue weighted by atomic mass is 10.1. The van der Waals surface area contributed by atoms with E-state index in [4.69, 9.17) is 18.9 Å². The van der Waals surface area contributed by atoms with Crippen molar-refractivity contribution in [2.24, 2.45) is 0 Å². The third-order valence-corrected chi connectivity index (χ3v) is 4.98. The number of rotatable bonds is 8. The van der Waals surface area contributed by atoms with Crippen molar-refractivity contribution in [1.29, 1.82) is 0 Å². The first-order valence-electron chi connectivity index (χ1n) is 10.4. The highest BCUT2D eigenvalue weighted by atomic mass is 16.5. The molecule has 0 aliphatic heterocycles. The van der Waals surface area contributed by atoms with Gasteiger partial charge in [-0.2, -0.15) is 0 Å². The lowest BCUT2D eigenvalue weighted by Crippen LogP contribution is -2.12. The molecule has 4 rings (SSSR count). The van der Waals surface area contributed by atoms with Crippen LogP contribution >= 0.6 is 0 Å². The molecule has 1 amide bonds. The number of benzene rings is 3. The van der Waals surface area contributed by atoms with Crippen LogP contribution in [-0.4, -0.2) is 37.2 Å². The van der Waals surface area contributed by atoms with E-state index in [9.17, 15) is 4.79 Å². The monoisotopic (exact) mass is 457 g/mol. The molecule has 0 radical (unpaired) electrons. The molecular weight excluding hydrogens is 434 g/mol. The number of amides is 1. The highest BCUT2D eigenvalue weighted by molar-refractivity contribution is 6.05. The Bertz CT molecular complexity index is 1290. The van der Waals surface area contributed by atoms with E-state index in [-0.39, 0.29) is 11.9 Å². The first kappa shape index (κ1) is 22.6. The molecule has 3 aromatic carbocycles. The lowest BCUT2D eigenvalue weighted by Gasteiger charge is -2.11. The van der Waals surface area contributed by atoms with Crippen LogP contribution in [0.15, 0.2) is 79.1 Å². The van der Waals surface area contributed by atoms with Crippen LogP contribution in [-0.2, 0) is 0 Å². The lowest BCUT2D eigenvalue weighted by molar-refractivity contribution is 0.102. The van der Waals surface area contributed by atoms with Crippen LogP contribution in [0.4, 0.5) is 5.69 Å². The smallest absolute Gasteiger partial charge is 0.321 e. The molecule has 8 heteroatoms. The van der Waals surface area contributed by atoms with Crippen molar-refractivity contribution in [3.63, 3.8) is 0 Å². The van der Waals surface area contributed by atoms with Gasteiger partial charge in [-0.1, -0.05) is 18.2 Å². The van der Waals surface area contributed by atoms with Crippen molar-refractivity contribution in [3.05, 3.63) is 84.7 Å². The van der Waals surface area contributed by atoms with Gasteiger partial charge in [-0.25, -0.2) is 9.97 Å². The van der Waals surface area contributed by atoms with Crippen molar-refractivity contribution in [2.75, 3.05) is 26.6 Å². The summed E-state index contributed by atoms with van der Waals surface area (Å²) in [6.07, 6.45) is 3.29. The van der Waals surface area contributed by atoms with Crippen LogP contribution < -0.4 is 24.3 Å². The minimum Gasteiger partial charge on any atom is -0.497 e. The highest BCUT2D eigenvalue weighted by Gasteiger charge is 2.11. The summed E-state index contributed by atoms with van der Waals surface area (Å²) in [5, 5.41) is 2.87. The molecule has 0 aliphatic carbocycles. The van der Waals surface area contributed by atoms with Gasteiger partial charge < -0.3 is 24.3 Å². The van der Waals surface area contributed by atoms with Gasteiger partial charge in [-0.05, 0) is 42.0 Å². The molecule has 172 valence electrons. The Hall–Kier alpha value is -4.59. The summed E-state index contributed by atoms with van der Waals surface area (Å²) in [7, 11) is 4.69. The quantitative estimate of drug-likeness (QED) is 0.388. The highest BCUT2D eigenvalue weighted by Crippen LogP contribution is 2.30. The van der Waals surface area contributed by atoms with Crippen molar-refractivity contribution in [2.45, 2.75) is 0 Å². The number of carbonyl (C=O) groups is 1. The van der Waals surface area contributed by atoms with Crippen LogP contribution in [0.3, 0.4) is 0 Å². The predicted octanol–water partition coefficient (Wildman–Crippen LogP) is 5.21. The van der Waals surface area contributed by atoms with Gasteiger partial charge in [0.15, 0.2) is 11.5 Å². The first-order chi connectivity index (χ1) is 16.6. The van der Waals surface area contributed by atoms with E-state index in [2.05, 4.69) is 15.3 Å². The summed E-state index contributed by atoms with van der Waals surface area (Å²) >= 11 is 0. The molecule has 4 aromatic rings. The van der Waals surface area contributed by atoms with E-state index in [0.717, 1.165) is 11.1 Å². The number of ether oxygens (including phenoxy) is 4. The number of nitrogens with one attached hydrogen (secondary N) is 1. The fourth-order valence-electron chi connectivity index (χ4n) is 3.25. The third kappa shape index (κ3) is 5.24. The third-order valence-electron chi connectivity index (χ3n) is 4.98. The van der Waals surface area contributed by atoms with Crippen LogP contribution in [0.2, 0.25) is 0 Å². The number of nitrogens with zero attached hydrogens (tertiary/aromatic N) is 2. The van der Waals surface area contributed by atoms with Gasteiger partial charge in [0.1, 0.15) is 11.5 Å². The number of hydrogen-bond donors (Lipinski definition) is 1. The number of carbonyl (C=O) groups excluding carboxylic acids is 1. The second-order valence-electron chi connectivity index (χ2n) is 7.14. The van der Waals surface area contributed by atoms with Gasteiger partial charge in [0.25, 0.3) is 5.91 Å². The number of methoxy groups -OCH3 is 3. The molecule has 0 aliphatic rings. The number of aromatic nitrogens is 2. The molecule has 0 saturated heterocycles. The van der Waals surface area contributed by atoms with Crippen LogP contribution in [0.5, 0.6) is 29.0 Å². The largest absolute Gasteiger partial charge is 0.497 e. The Balaban J connectivity index is 1.48. The predicted molar refractivity (Wildman–Crippen MR) is 128 cm³/mol. The summed E-state index contributed by atoms with van der Waals surface area (Å²) in [5.41, 5.74) is 2.63. The van der Waals surface area contributed by atoms with Crippen LogP contribution in [0.1, 0.15) is 10.4 Å². The molecule has 0 bridgehead atoms. The maximum absolute atomic E-state index is 12.8. The Morgan fingerprint density at radius 1 is 0.735 bits per heavy atom. The molecule has 0 unspecified atom stereocenters. The molecule has 1 aromatic heterocycles. The van der Waals surface area contributed by atoms with Crippen molar-refractivity contribution < 1.29 is 23.7 Å². The Labute approximate surface area is 197 Å². The molecule has 0 spiro atoms. The van der Waals surface area contributed by atoms with E-state index < -0.39 is 0 Å². The van der Waals surface area contributed by atoms with Crippen LogP contribution in [0.25, 0.3) is 11.1 Å². The van der Waals surface area contributed by atoms with Crippen molar-refractivity contribution in [3.8, 4) is 40.1 Å². The molecule has 34 heavy (non-hydrogen) atoms. The first-order valence-corrected chi connectivity index (χ1v) is 10.4. The number of anilines is 1. The van der Waals surface area contributed by atoms with Crippen LogP contribution in [0, 0.1) is 0 Å². The molecular formula is C26H23N3O5. The Kier molecular flexibility index (Phi) is 6.88. The van der Waals surface area contributed by atoms with Crippen molar-refractivity contribution >= 4 is 11.6 Å². The Morgan fingerprint density at radius 3 is 2.21 bits per heavy atom. The molecule has 1 heterocycles. The summed E-state index contributed by atoms with van der Waals surface area (Å²) in [4.78, 5) is 21.4. The summed E-state index contributed by atoms with van der Waals surface area (Å²) in [6, 6.07) is 19.8. The van der Waals surface area contributed by atoms with Gasteiger partial charge in [0, 0.05) is 41.3 Å². The zero-order valence-electron chi connectivity index (χ0n) is 18.9. The Morgan fingerprint density at radius 2 is 1.47 bits per heavy atom. The molecule has 0 fully saturated rings. The molecule has 8 nitrogen and oxygen atoms in total. The average Bonchev–Trinajstić information content (AvgIpc) is 2.89. The van der Waals surface area contributed by atoms with Crippen molar-refractivity contribution in [1.82, 2.24) is 9.97 Å². The summed E-state index contributed by atoms with van der Waals surface area (Å²) in [5.74, 6) is 2.11. The van der Waals surface area contributed by atoms with Gasteiger partial charge in [0.05, 0.1) is 21.3 Å². The average molecular weight is 457 g/mol. The fourth-order valence-corrected chi connectivity index (χ4v) is 3.25. The second-order valence-corrected chi connectivity index (χ2v) is 7.14. The fraction of sp³-hybridized carbons (Fsp3) is 0.115. The van der Waals surface area contributed by atoms with Gasteiger partial charge >= 0.3 is 6.01 Å². The maximum Gasteiger partial charge on any atom is 0.321 e. The normalized spacial score (nSPS) is 10.3. The SMILES string of the molecule is COc1cccc(Oc2ncc(-c3cccc(C(=O)Nc4ccc(OC)c(OC)c4)c3)cn2)c1. The zero-order chi connectivity index (χ0) is 23.9. The van der Waals surface area contributed by atoms with E-state index in [1.807, 2.05) is 18.2 Å². The van der Waals surface area contributed by atoms with Gasteiger partial charge in [0.2, 0.25) is 0 Å². The van der Waals surface area contributed by atoms with E-state index >= 15 is 0 Å². The minimum atomic E-state index is -0.257. The standard InChI is InChI=1S/C26H23N3O5/c1-31-21-8-5-9-22(14-21)34-26-27-15-19(16-28-26)17-6-4-7-18(12-17)25(30)29-20-10-11-23(32-2)24(13-20)33-3/h4-16H,1-3H3,(H,29,30). The summed E-state index contributed by atoms with van der Waals surface area (Å²) in [6.45, 7) is 0. The minimum absolute atomic E-state index is 0.208. The molecule has 1 N–H and O–H groups in total. The zero-order valence-corrected chi connectivity index (χ0v) is 18.9. The van der Waals surface area contributed by atoms with Gasteiger partial charge in [-0.3, -0.25) is 4.79 Å². The second kappa shape index (κ2) is 10.4. The molecule has 0 saturated carbocycles. The van der Waals surface area contributed by atoms with E-state index in [0.29, 0.717) is 34.2 Å².